The maximum atomic E-state index is 12.3. The Morgan fingerprint density at radius 1 is 1.39 bits per heavy atom. The van der Waals surface area contributed by atoms with E-state index in [1.807, 2.05) is 12.1 Å². The van der Waals surface area contributed by atoms with Crippen LogP contribution in [0.3, 0.4) is 0 Å². The van der Waals surface area contributed by atoms with Crippen LogP contribution in [0, 0.1) is 0 Å². The van der Waals surface area contributed by atoms with Gasteiger partial charge in [-0.1, -0.05) is 24.8 Å². The van der Waals surface area contributed by atoms with Gasteiger partial charge in [-0.25, -0.2) is 5.43 Å². The molecular formula is C20H19BrN2O5. The van der Waals surface area contributed by atoms with E-state index >= 15 is 0 Å². The van der Waals surface area contributed by atoms with E-state index in [9.17, 15) is 4.79 Å². The number of carbonyl (C=O) groups excluding carboxylic acids is 1. The number of para-hydroxylation sites is 2. The first-order chi connectivity index (χ1) is 13.6. The van der Waals surface area contributed by atoms with E-state index in [4.69, 9.17) is 18.9 Å². The molecule has 146 valence electrons. The van der Waals surface area contributed by atoms with Crippen LogP contribution in [0.1, 0.15) is 5.56 Å². The van der Waals surface area contributed by atoms with Crippen LogP contribution in [0.5, 0.6) is 23.0 Å². The van der Waals surface area contributed by atoms with Gasteiger partial charge in [0.05, 0.1) is 17.8 Å². The molecule has 1 unspecified atom stereocenters. The van der Waals surface area contributed by atoms with E-state index in [2.05, 4.69) is 33.0 Å². The number of hydrazone groups is 1. The lowest BCUT2D eigenvalue weighted by Gasteiger charge is -2.24. The lowest BCUT2D eigenvalue weighted by molar-refractivity contribution is -0.130. The highest BCUT2D eigenvalue weighted by Crippen LogP contribution is 2.36. The molecule has 1 heterocycles. The van der Waals surface area contributed by atoms with Gasteiger partial charge in [0, 0.05) is 0 Å². The number of ether oxygens (including phenoxy) is 4. The van der Waals surface area contributed by atoms with Gasteiger partial charge in [0.2, 0.25) is 6.10 Å². The molecule has 0 aliphatic carbocycles. The highest BCUT2D eigenvalue weighted by molar-refractivity contribution is 9.10. The zero-order valence-electron chi connectivity index (χ0n) is 15.2. The minimum Gasteiger partial charge on any atom is -0.493 e. The summed E-state index contributed by atoms with van der Waals surface area (Å²) >= 11 is 3.44. The number of halogens is 1. The van der Waals surface area contributed by atoms with Crippen LogP contribution >= 0.6 is 15.9 Å². The van der Waals surface area contributed by atoms with Crippen LogP contribution in [0.15, 0.2) is 58.6 Å². The minimum absolute atomic E-state index is 0.118. The van der Waals surface area contributed by atoms with Crippen molar-refractivity contribution < 1.29 is 23.7 Å². The van der Waals surface area contributed by atoms with Crippen molar-refractivity contribution in [3.63, 3.8) is 0 Å². The maximum absolute atomic E-state index is 12.3. The first-order valence-electron chi connectivity index (χ1n) is 8.45. The molecule has 28 heavy (non-hydrogen) atoms. The maximum Gasteiger partial charge on any atom is 0.284 e. The van der Waals surface area contributed by atoms with Crippen molar-refractivity contribution in [3.8, 4) is 23.0 Å². The third kappa shape index (κ3) is 4.64. The number of hydrogen-bond donors (Lipinski definition) is 1. The van der Waals surface area contributed by atoms with Crippen LogP contribution in [-0.2, 0) is 4.79 Å². The average molecular weight is 447 g/mol. The molecule has 0 spiro atoms. The summed E-state index contributed by atoms with van der Waals surface area (Å²) in [7, 11) is 1.55. The van der Waals surface area contributed by atoms with Crippen molar-refractivity contribution in [3.05, 3.63) is 59.1 Å². The smallest absolute Gasteiger partial charge is 0.284 e. The van der Waals surface area contributed by atoms with E-state index < -0.39 is 12.0 Å². The largest absolute Gasteiger partial charge is 0.493 e. The fourth-order valence-corrected chi connectivity index (χ4v) is 3.06. The Bertz CT molecular complexity index is 900. The monoisotopic (exact) mass is 446 g/mol. The van der Waals surface area contributed by atoms with Gasteiger partial charge < -0.3 is 18.9 Å². The molecular weight excluding hydrogens is 428 g/mol. The van der Waals surface area contributed by atoms with Crippen molar-refractivity contribution >= 4 is 28.1 Å². The third-order valence-electron chi connectivity index (χ3n) is 3.79. The number of hydrogen-bond acceptors (Lipinski definition) is 6. The first-order valence-corrected chi connectivity index (χ1v) is 9.24. The molecule has 1 atom stereocenters. The summed E-state index contributed by atoms with van der Waals surface area (Å²) in [5.74, 6) is 1.84. The van der Waals surface area contributed by atoms with Crippen molar-refractivity contribution in [1.29, 1.82) is 0 Å². The number of nitrogens with one attached hydrogen (secondary N) is 1. The lowest BCUT2D eigenvalue weighted by Crippen LogP contribution is -2.42. The Kier molecular flexibility index (Phi) is 6.54. The number of amides is 1. The Hall–Kier alpha value is -3.00. The van der Waals surface area contributed by atoms with Gasteiger partial charge in [-0.2, -0.15) is 5.10 Å². The van der Waals surface area contributed by atoms with Gasteiger partial charge in [0.25, 0.3) is 5.91 Å². The van der Waals surface area contributed by atoms with E-state index in [0.717, 1.165) is 0 Å². The van der Waals surface area contributed by atoms with E-state index in [0.29, 0.717) is 39.6 Å². The normalized spacial score (nSPS) is 15.1. The van der Waals surface area contributed by atoms with Crippen molar-refractivity contribution in [2.75, 3.05) is 20.3 Å². The number of rotatable bonds is 7. The van der Waals surface area contributed by atoms with Gasteiger partial charge >= 0.3 is 0 Å². The molecule has 8 heteroatoms. The second-order valence-electron chi connectivity index (χ2n) is 5.73. The summed E-state index contributed by atoms with van der Waals surface area (Å²) in [6.07, 6.45) is 2.37. The molecule has 2 aromatic carbocycles. The summed E-state index contributed by atoms with van der Waals surface area (Å²) in [4.78, 5) is 12.3. The topological polar surface area (TPSA) is 78.4 Å². The van der Waals surface area contributed by atoms with Gasteiger partial charge in [0.1, 0.15) is 13.2 Å². The Balaban J connectivity index is 1.63. The SMILES string of the molecule is C=CCOc1c(Br)cc(C=NNC(=O)C2COc3ccccc3O2)cc1OC. The van der Waals surface area contributed by atoms with E-state index in [-0.39, 0.29) is 6.61 Å². The van der Waals surface area contributed by atoms with Crippen LogP contribution in [0.25, 0.3) is 0 Å². The molecule has 7 nitrogen and oxygen atoms in total. The van der Waals surface area contributed by atoms with Gasteiger partial charge in [0.15, 0.2) is 23.0 Å². The second kappa shape index (κ2) is 9.27. The van der Waals surface area contributed by atoms with Gasteiger partial charge in [-0.05, 0) is 45.8 Å². The number of benzene rings is 2. The zero-order valence-corrected chi connectivity index (χ0v) is 16.8. The zero-order chi connectivity index (χ0) is 19.9. The summed E-state index contributed by atoms with van der Waals surface area (Å²) in [6.45, 7) is 4.10. The van der Waals surface area contributed by atoms with Gasteiger partial charge in [-0.15, -0.1) is 0 Å². The summed E-state index contributed by atoms with van der Waals surface area (Å²) in [6, 6.07) is 10.7. The van der Waals surface area contributed by atoms with Crippen LogP contribution in [-0.4, -0.2) is 38.5 Å². The van der Waals surface area contributed by atoms with Crippen molar-refractivity contribution in [2.24, 2.45) is 5.10 Å². The predicted octanol–water partition coefficient (Wildman–Crippen LogP) is 3.31. The predicted molar refractivity (Wildman–Crippen MR) is 108 cm³/mol. The molecule has 1 aliphatic heterocycles. The molecule has 0 saturated carbocycles. The molecule has 1 aliphatic rings. The lowest BCUT2D eigenvalue weighted by atomic mass is 10.2. The number of nitrogens with zero attached hydrogens (tertiary/aromatic N) is 1. The molecule has 0 bridgehead atoms. The molecule has 1 N–H and O–H groups in total. The van der Waals surface area contributed by atoms with E-state index in [1.165, 1.54) is 6.21 Å². The van der Waals surface area contributed by atoms with Crippen LogP contribution in [0.2, 0.25) is 0 Å². The second-order valence-corrected chi connectivity index (χ2v) is 6.59. The summed E-state index contributed by atoms with van der Waals surface area (Å²) < 4.78 is 22.8. The standard InChI is InChI=1S/C20H19BrN2O5/c1-3-8-26-19-14(21)9-13(10-17(19)25-2)11-22-23-20(24)18-12-27-15-6-4-5-7-16(15)28-18/h3-7,9-11,18H,1,8,12H2,2H3,(H,23,24). The fourth-order valence-electron chi connectivity index (χ4n) is 2.49. The molecule has 0 aromatic heterocycles. The molecule has 2 aromatic rings. The molecule has 0 radical (unpaired) electrons. The average Bonchev–Trinajstić information content (AvgIpc) is 2.72. The third-order valence-corrected chi connectivity index (χ3v) is 4.38. The molecule has 1 amide bonds. The minimum atomic E-state index is -0.775. The number of carbonyl (C=O) groups is 1. The highest BCUT2D eigenvalue weighted by atomic mass is 79.9. The van der Waals surface area contributed by atoms with E-state index in [1.54, 1.807) is 37.5 Å². The summed E-state index contributed by atoms with van der Waals surface area (Å²) in [5, 5.41) is 3.99. The van der Waals surface area contributed by atoms with Crippen LogP contribution in [0.4, 0.5) is 0 Å². The fraction of sp³-hybridized carbons (Fsp3) is 0.200. The Labute approximate surface area is 171 Å². The Morgan fingerprint density at radius 3 is 2.93 bits per heavy atom. The van der Waals surface area contributed by atoms with Crippen LogP contribution < -0.4 is 24.4 Å². The molecule has 0 saturated heterocycles. The van der Waals surface area contributed by atoms with Crippen molar-refractivity contribution in [1.82, 2.24) is 5.43 Å². The quantitative estimate of drug-likeness (QED) is 0.401. The number of methoxy groups -OCH3 is 1. The first kappa shape index (κ1) is 19.8. The highest BCUT2D eigenvalue weighted by Gasteiger charge is 2.27. The molecule has 3 rings (SSSR count). The van der Waals surface area contributed by atoms with Crippen molar-refractivity contribution in [2.45, 2.75) is 6.10 Å². The molecule has 0 fully saturated rings. The summed E-state index contributed by atoms with van der Waals surface area (Å²) in [5.41, 5.74) is 3.17. The Morgan fingerprint density at radius 2 is 2.18 bits per heavy atom. The van der Waals surface area contributed by atoms with Gasteiger partial charge in [-0.3, -0.25) is 4.79 Å². The number of fused-ring (bicyclic) bond motifs is 1.